The van der Waals surface area contributed by atoms with Gasteiger partial charge in [0.2, 0.25) is 0 Å². The molecule has 24 heavy (non-hydrogen) atoms. The lowest BCUT2D eigenvalue weighted by molar-refractivity contribution is 0.194. The fourth-order valence-corrected chi connectivity index (χ4v) is 2.55. The number of hydrogen-bond acceptors (Lipinski definition) is 4. The molecule has 1 N–H and O–H groups in total. The predicted octanol–water partition coefficient (Wildman–Crippen LogP) is 4.05. The molecule has 0 fully saturated rings. The summed E-state index contributed by atoms with van der Waals surface area (Å²) in [6.45, 7) is 2.74. The monoisotopic (exact) mass is 349 g/mol. The largest absolute Gasteiger partial charge is 0.493 e. The second-order valence-corrected chi connectivity index (χ2v) is 5.76. The molecule has 2 aromatic carbocycles. The van der Waals surface area contributed by atoms with Gasteiger partial charge in [-0.05, 0) is 25.1 Å². The van der Waals surface area contributed by atoms with Crippen LogP contribution >= 0.6 is 11.6 Å². The normalized spacial score (nSPS) is 10.6. The fraction of sp³-hybridized carbons (Fsp3) is 0.368. The summed E-state index contributed by atoms with van der Waals surface area (Å²) in [5.41, 5.74) is 2.00. The topological polar surface area (TPSA) is 39.7 Å². The molecular weight excluding hydrogens is 326 g/mol. The van der Waals surface area contributed by atoms with Crippen molar-refractivity contribution in [3.63, 3.8) is 0 Å². The number of ether oxygens (including phenoxy) is 3. The number of rotatable bonds is 10. The summed E-state index contributed by atoms with van der Waals surface area (Å²) in [6, 6.07) is 13.6. The fourth-order valence-electron chi connectivity index (χ4n) is 2.35. The van der Waals surface area contributed by atoms with Gasteiger partial charge < -0.3 is 19.5 Å². The van der Waals surface area contributed by atoms with Crippen LogP contribution in [0.1, 0.15) is 17.5 Å². The summed E-state index contributed by atoms with van der Waals surface area (Å²) < 4.78 is 16.5. The van der Waals surface area contributed by atoms with Gasteiger partial charge in [0.05, 0.1) is 7.11 Å². The van der Waals surface area contributed by atoms with E-state index >= 15 is 0 Å². The van der Waals surface area contributed by atoms with Crippen LogP contribution in [0.2, 0.25) is 5.02 Å². The number of para-hydroxylation sites is 1. The van der Waals surface area contributed by atoms with Gasteiger partial charge in [0.1, 0.15) is 6.61 Å². The Morgan fingerprint density at radius 3 is 2.54 bits per heavy atom. The molecule has 2 rings (SSSR count). The number of halogens is 1. The van der Waals surface area contributed by atoms with E-state index in [9.17, 15) is 0 Å². The Labute approximate surface area is 148 Å². The van der Waals surface area contributed by atoms with Crippen LogP contribution in [0.4, 0.5) is 0 Å². The number of hydrogen-bond donors (Lipinski definition) is 1. The van der Waals surface area contributed by atoms with Crippen molar-refractivity contribution in [3.05, 3.63) is 58.6 Å². The molecule has 0 bridgehead atoms. The molecule has 0 aliphatic rings. The van der Waals surface area contributed by atoms with Crippen LogP contribution in [0.25, 0.3) is 0 Å². The molecule has 0 aromatic heterocycles. The lowest BCUT2D eigenvalue weighted by Crippen LogP contribution is -2.17. The van der Waals surface area contributed by atoms with Crippen LogP contribution in [0.5, 0.6) is 11.5 Å². The van der Waals surface area contributed by atoms with E-state index < -0.39 is 0 Å². The molecule has 0 heterocycles. The molecule has 0 unspecified atom stereocenters. The Morgan fingerprint density at radius 1 is 1.00 bits per heavy atom. The molecular formula is C19H24ClNO3. The highest BCUT2D eigenvalue weighted by Crippen LogP contribution is 2.32. The lowest BCUT2D eigenvalue weighted by atomic mass is 10.1. The highest BCUT2D eigenvalue weighted by Gasteiger charge is 2.11. The van der Waals surface area contributed by atoms with E-state index in [1.807, 2.05) is 42.5 Å². The van der Waals surface area contributed by atoms with E-state index in [-0.39, 0.29) is 0 Å². The van der Waals surface area contributed by atoms with Gasteiger partial charge in [-0.15, -0.1) is 0 Å². The highest BCUT2D eigenvalue weighted by atomic mass is 35.5. The second-order valence-electron chi connectivity index (χ2n) is 5.35. The summed E-state index contributed by atoms with van der Waals surface area (Å²) in [5.74, 6) is 1.47. The molecule has 4 nitrogen and oxygen atoms in total. The molecule has 0 aliphatic carbocycles. The average Bonchev–Trinajstić information content (AvgIpc) is 2.61. The molecule has 0 radical (unpaired) electrons. The second kappa shape index (κ2) is 10.2. The number of nitrogens with one attached hydrogen (secondary N) is 1. The lowest BCUT2D eigenvalue weighted by Gasteiger charge is -2.16. The summed E-state index contributed by atoms with van der Waals surface area (Å²) in [4.78, 5) is 0. The molecule has 5 heteroatoms. The van der Waals surface area contributed by atoms with Crippen LogP contribution in [-0.4, -0.2) is 27.4 Å². The van der Waals surface area contributed by atoms with Crippen LogP contribution in [0.3, 0.4) is 0 Å². The van der Waals surface area contributed by atoms with Gasteiger partial charge in [-0.2, -0.15) is 0 Å². The highest BCUT2D eigenvalue weighted by molar-refractivity contribution is 6.31. The van der Waals surface area contributed by atoms with Crippen molar-refractivity contribution in [2.45, 2.75) is 19.6 Å². The molecule has 0 atom stereocenters. The van der Waals surface area contributed by atoms with Crippen LogP contribution in [0, 0.1) is 0 Å². The van der Waals surface area contributed by atoms with Crippen molar-refractivity contribution in [2.24, 2.45) is 0 Å². The van der Waals surface area contributed by atoms with Crippen molar-refractivity contribution >= 4 is 11.6 Å². The van der Waals surface area contributed by atoms with E-state index in [1.165, 1.54) is 0 Å². The van der Waals surface area contributed by atoms with Gasteiger partial charge in [-0.25, -0.2) is 0 Å². The summed E-state index contributed by atoms with van der Waals surface area (Å²) >= 11 is 6.20. The minimum absolute atomic E-state index is 0.400. The average molecular weight is 350 g/mol. The van der Waals surface area contributed by atoms with Crippen LogP contribution in [0.15, 0.2) is 42.5 Å². The molecule has 130 valence electrons. The SMILES string of the molecule is COCCCNCc1cccc(OC)c1OCc1ccccc1Cl. The quantitative estimate of drug-likeness (QED) is 0.657. The van der Waals surface area contributed by atoms with Gasteiger partial charge in [0.15, 0.2) is 11.5 Å². The first-order chi connectivity index (χ1) is 11.8. The molecule has 0 saturated heterocycles. The molecule has 0 amide bonds. The first-order valence-electron chi connectivity index (χ1n) is 7.98. The summed E-state index contributed by atoms with van der Waals surface area (Å²) in [6.07, 6.45) is 0.969. The number of methoxy groups -OCH3 is 2. The number of benzene rings is 2. The van der Waals surface area contributed by atoms with E-state index in [2.05, 4.69) is 5.32 Å². The van der Waals surface area contributed by atoms with E-state index in [0.29, 0.717) is 18.2 Å². The van der Waals surface area contributed by atoms with Crippen molar-refractivity contribution in [2.75, 3.05) is 27.4 Å². The first-order valence-corrected chi connectivity index (χ1v) is 8.35. The Morgan fingerprint density at radius 2 is 1.79 bits per heavy atom. The third kappa shape index (κ3) is 5.41. The smallest absolute Gasteiger partial charge is 0.166 e. The first kappa shape index (κ1) is 18.6. The summed E-state index contributed by atoms with van der Waals surface area (Å²) in [7, 11) is 3.36. The minimum atomic E-state index is 0.400. The summed E-state index contributed by atoms with van der Waals surface area (Å²) in [5, 5.41) is 4.10. The van der Waals surface area contributed by atoms with Crippen molar-refractivity contribution in [3.8, 4) is 11.5 Å². The van der Waals surface area contributed by atoms with E-state index in [1.54, 1.807) is 14.2 Å². The molecule has 0 saturated carbocycles. The van der Waals surface area contributed by atoms with Gasteiger partial charge in [0, 0.05) is 36.4 Å². The third-order valence-electron chi connectivity index (χ3n) is 3.63. The Hall–Kier alpha value is -1.75. The maximum Gasteiger partial charge on any atom is 0.166 e. The third-order valence-corrected chi connectivity index (χ3v) is 4.00. The van der Waals surface area contributed by atoms with Crippen molar-refractivity contribution in [1.82, 2.24) is 5.32 Å². The zero-order valence-electron chi connectivity index (χ0n) is 14.2. The minimum Gasteiger partial charge on any atom is -0.493 e. The molecule has 2 aromatic rings. The molecule has 0 spiro atoms. The molecule has 0 aliphatic heterocycles. The van der Waals surface area contributed by atoms with Gasteiger partial charge in [-0.1, -0.05) is 41.9 Å². The van der Waals surface area contributed by atoms with Crippen molar-refractivity contribution in [1.29, 1.82) is 0 Å². The standard InChI is InChI=1S/C19H24ClNO3/c1-22-12-6-11-21-13-15-8-5-10-18(23-2)19(15)24-14-16-7-3-4-9-17(16)20/h3-5,7-10,21H,6,11-14H2,1-2H3. The van der Waals surface area contributed by atoms with Gasteiger partial charge >= 0.3 is 0 Å². The van der Waals surface area contributed by atoms with E-state index in [4.69, 9.17) is 25.8 Å². The van der Waals surface area contributed by atoms with Gasteiger partial charge in [0.25, 0.3) is 0 Å². The van der Waals surface area contributed by atoms with Crippen LogP contribution < -0.4 is 14.8 Å². The Bertz CT molecular complexity index is 634. The van der Waals surface area contributed by atoms with Crippen LogP contribution in [-0.2, 0) is 17.9 Å². The maximum atomic E-state index is 6.20. The maximum absolute atomic E-state index is 6.20. The Balaban J connectivity index is 2.04. The Kier molecular flexibility index (Phi) is 7.89. The van der Waals surface area contributed by atoms with E-state index in [0.717, 1.165) is 42.2 Å². The van der Waals surface area contributed by atoms with Crippen molar-refractivity contribution < 1.29 is 14.2 Å². The van der Waals surface area contributed by atoms with Gasteiger partial charge in [-0.3, -0.25) is 0 Å². The predicted molar refractivity (Wildman–Crippen MR) is 97.0 cm³/mol. The zero-order valence-corrected chi connectivity index (χ0v) is 14.9. The zero-order chi connectivity index (χ0) is 17.2.